The SMILES string of the molecule is Cc1cc(C)n([C@@H]2CCCN(C(=O)[C@@H]3CCOC3)C2)n1. The van der Waals surface area contributed by atoms with E-state index < -0.39 is 0 Å². The highest BCUT2D eigenvalue weighted by atomic mass is 16.5. The van der Waals surface area contributed by atoms with Crippen molar-refractivity contribution >= 4 is 5.91 Å². The van der Waals surface area contributed by atoms with Gasteiger partial charge in [0, 0.05) is 25.4 Å². The Hall–Kier alpha value is -1.36. The lowest BCUT2D eigenvalue weighted by Gasteiger charge is -2.34. The number of carbonyl (C=O) groups excluding carboxylic acids is 1. The molecule has 0 aliphatic carbocycles. The van der Waals surface area contributed by atoms with Gasteiger partial charge in [0.25, 0.3) is 0 Å². The maximum Gasteiger partial charge on any atom is 0.228 e. The number of likely N-dealkylation sites (tertiary alicyclic amines) is 1. The van der Waals surface area contributed by atoms with Crippen LogP contribution in [0.25, 0.3) is 0 Å². The Kier molecular flexibility index (Phi) is 3.78. The van der Waals surface area contributed by atoms with Crippen molar-refractivity contribution in [3.63, 3.8) is 0 Å². The summed E-state index contributed by atoms with van der Waals surface area (Å²) >= 11 is 0. The third kappa shape index (κ3) is 2.59. The maximum atomic E-state index is 12.5. The first kappa shape index (κ1) is 13.6. The molecule has 5 nitrogen and oxygen atoms in total. The minimum Gasteiger partial charge on any atom is -0.381 e. The van der Waals surface area contributed by atoms with Gasteiger partial charge in [-0.2, -0.15) is 5.10 Å². The van der Waals surface area contributed by atoms with Gasteiger partial charge in [0.15, 0.2) is 0 Å². The number of aromatic nitrogens is 2. The van der Waals surface area contributed by atoms with E-state index in [1.807, 2.05) is 11.8 Å². The van der Waals surface area contributed by atoms with Gasteiger partial charge < -0.3 is 9.64 Å². The third-order valence-electron chi connectivity index (χ3n) is 4.38. The molecule has 0 aromatic carbocycles. The molecule has 1 amide bonds. The summed E-state index contributed by atoms with van der Waals surface area (Å²) < 4.78 is 7.44. The van der Waals surface area contributed by atoms with Gasteiger partial charge in [-0.3, -0.25) is 9.48 Å². The monoisotopic (exact) mass is 277 g/mol. The minimum absolute atomic E-state index is 0.0780. The topological polar surface area (TPSA) is 47.4 Å². The van der Waals surface area contributed by atoms with Crippen molar-refractivity contribution in [1.29, 1.82) is 0 Å². The molecule has 1 aromatic rings. The summed E-state index contributed by atoms with van der Waals surface area (Å²) in [7, 11) is 0. The van der Waals surface area contributed by atoms with Gasteiger partial charge in [-0.15, -0.1) is 0 Å². The molecule has 0 unspecified atom stereocenters. The van der Waals surface area contributed by atoms with Crippen molar-refractivity contribution in [2.24, 2.45) is 5.92 Å². The number of piperidine rings is 1. The van der Waals surface area contributed by atoms with Gasteiger partial charge in [0.2, 0.25) is 5.91 Å². The summed E-state index contributed by atoms with van der Waals surface area (Å²) in [5.74, 6) is 0.350. The predicted octanol–water partition coefficient (Wildman–Crippen LogP) is 1.70. The van der Waals surface area contributed by atoms with Crippen LogP contribution in [0.2, 0.25) is 0 Å². The number of aryl methyl sites for hydroxylation is 2. The number of hydrogen-bond donors (Lipinski definition) is 0. The maximum absolute atomic E-state index is 12.5. The van der Waals surface area contributed by atoms with Crippen LogP contribution in [0.3, 0.4) is 0 Å². The molecule has 2 aliphatic rings. The molecule has 5 heteroatoms. The van der Waals surface area contributed by atoms with E-state index in [9.17, 15) is 4.79 Å². The molecule has 0 N–H and O–H groups in total. The van der Waals surface area contributed by atoms with Crippen molar-refractivity contribution in [3.8, 4) is 0 Å². The average Bonchev–Trinajstić information content (AvgIpc) is 3.08. The Morgan fingerprint density at radius 1 is 1.40 bits per heavy atom. The number of ether oxygens (including phenoxy) is 1. The van der Waals surface area contributed by atoms with Gasteiger partial charge in [-0.1, -0.05) is 0 Å². The second-order valence-electron chi connectivity index (χ2n) is 6.01. The summed E-state index contributed by atoms with van der Waals surface area (Å²) in [6.07, 6.45) is 3.04. The summed E-state index contributed by atoms with van der Waals surface area (Å²) in [4.78, 5) is 14.5. The van der Waals surface area contributed by atoms with Crippen molar-refractivity contribution in [1.82, 2.24) is 14.7 Å². The van der Waals surface area contributed by atoms with Gasteiger partial charge >= 0.3 is 0 Å². The highest BCUT2D eigenvalue weighted by molar-refractivity contribution is 5.79. The van der Waals surface area contributed by atoms with Gasteiger partial charge in [0.1, 0.15) is 0 Å². The highest BCUT2D eigenvalue weighted by Gasteiger charge is 2.32. The van der Waals surface area contributed by atoms with Crippen LogP contribution < -0.4 is 0 Å². The summed E-state index contributed by atoms with van der Waals surface area (Å²) in [5.41, 5.74) is 2.24. The zero-order valence-corrected chi connectivity index (χ0v) is 12.3. The number of amides is 1. The molecule has 2 fully saturated rings. The molecule has 110 valence electrons. The lowest BCUT2D eigenvalue weighted by molar-refractivity contribution is -0.137. The van der Waals surface area contributed by atoms with Gasteiger partial charge in [-0.25, -0.2) is 0 Å². The summed E-state index contributed by atoms with van der Waals surface area (Å²) in [6.45, 7) is 7.10. The Morgan fingerprint density at radius 2 is 2.25 bits per heavy atom. The number of carbonyl (C=O) groups is 1. The lowest BCUT2D eigenvalue weighted by Crippen LogP contribution is -2.44. The van der Waals surface area contributed by atoms with Crippen molar-refractivity contribution in [2.45, 2.75) is 39.2 Å². The van der Waals surface area contributed by atoms with E-state index in [1.54, 1.807) is 0 Å². The van der Waals surface area contributed by atoms with Crippen LogP contribution in [0.4, 0.5) is 0 Å². The van der Waals surface area contributed by atoms with E-state index in [0.717, 1.165) is 44.7 Å². The van der Waals surface area contributed by atoms with E-state index in [1.165, 1.54) is 5.69 Å². The van der Waals surface area contributed by atoms with E-state index in [4.69, 9.17) is 4.74 Å². The number of rotatable bonds is 2. The van der Waals surface area contributed by atoms with Crippen LogP contribution in [0.15, 0.2) is 6.07 Å². The molecule has 2 saturated heterocycles. The Labute approximate surface area is 119 Å². The minimum atomic E-state index is 0.0780. The van der Waals surface area contributed by atoms with Crippen LogP contribution in [0, 0.1) is 19.8 Å². The quantitative estimate of drug-likeness (QED) is 0.826. The molecule has 0 bridgehead atoms. The fourth-order valence-electron chi connectivity index (χ4n) is 3.36. The van der Waals surface area contributed by atoms with Crippen LogP contribution in [0.5, 0.6) is 0 Å². The normalized spacial score (nSPS) is 27.0. The number of nitrogens with zero attached hydrogens (tertiary/aromatic N) is 3. The Bertz CT molecular complexity index is 491. The van der Waals surface area contributed by atoms with Crippen LogP contribution in [-0.2, 0) is 9.53 Å². The molecule has 3 heterocycles. The van der Waals surface area contributed by atoms with Crippen LogP contribution >= 0.6 is 0 Å². The second-order valence-corrected chi connectivity index (χ2v) is 6.01. The molecule has 0 radical (unpaired) electrons. The largest absolute Gasteiger partial charge is 0.381 e. The molecule has 2 atom stereocenters. The van der Waals surface area contributed by atoms with Crippen molar-refractivity contribution in [2.75, 3.05) is 26.3 Å². The standard InChI is InChI=1S/C15H23N3O2/c1-11-8-12(2)18(16-11)14-4-3-6-17(9-14)15(19)13-5-7-20-10-13/h8,13-14H,3-7,9-10H2,1-2H3/t13-,14-/m1/s1. The molecule has 1 aromatic heterocycles. The second kappa shape index (κ2) is 5.56. The molecule has 0 saturated carbocycles. The van der Waals surface area contributed by atoms with Crippen LogP contribution in [0.1, 0.15) is 36.7 Å². The van der Waals surface area contributed by atoms with Gasteiger partial charge in [0.05, 0.1) is 24.3 Å². The summed E-state index contributed by atoms with van der Waals surface area (Å²) in [6, 6.07) is 2.43. The molecule has 2 aliphatic heterocycles. The zero-order valence-electron chi connectivity index (χ0n) is 12.3. The molecular formula is C15H23N3O2. The van der Waals surface area contributed by atoms with E-state index >= 15 is 0 Å². The molecule has 20 heavy (non-hydrogen) atoms. The van der Waals surface area contributed by atoms with Crippen molar-refractivity contribution in [3.05, 3.63) is 17.5 Å². The first-order valence-corrected chi connectivity index (χ1v) is 7.54. The lowest BCUT2D eigenvalue weighted by atomic mass is 10.0. The first-order chi connectivity index (χ1) is 9.65. The molecular weight excluding hydrogens is 254 g/mol. The number of hydrogen-bond acceptors (Lipinski definition) is 3. The van der Waals surface area contributed by atoms with E-state index in [-0.39, 0.29) is 11.8 Å². The molecule has 3 rings (SSSR count). The fourth-order valence-corrected chi connectivity index (χ4v) is 3.36. The highest BCUT2D eigenvalue weighted by Crippen LogP contribution is 2.25. The predicted molar refractivity (Wildman–Crippen MR) is 75.5 cm³/mol. The fraction of sp³-hybridized carbons (Fsp3) is 0.733. The Morgan fingerprint density at radius 3 is 2.90 bits per heavy atom. The summed E-state index contributed by atoms with van der Waals surface area (Å²) in [5, 5.41) is 4.58. The molecule has 0 spiro atoms. The first-order valence-electron chi connectivity index (χ1n) is 7.54. The zero-order chi connectivity index (χ0) is 14.1. The van der Waals surface area contributed by atoms with Gasteiger partial charge in [-0.05, 0) is 39.2 Å². The van der Waals surface area contributed by atoms with Crippen LogP contribution in [-0.4, -0.2) is 46.9 Å². The average molecular weight is 277 g/mol. The van der Waals surface area contributed by atoms with Crippen molar-refractivity contribution < 1.29 is 9.53 Å². The Balaban J connectivity index is 1.70. The van der Waals surface area contributed by atoms with E-state index in [2.05, 4.69) is 22.8 Å². The third-order valence-corrected chi connectivity index (χ3v) is 4.38. The van der Waals surface area contributed by atoms with E-state index in [0.29, 0.717) is 12.6 Å². The smallest absolute Gasteiger partial charge is 0.228 e.